The molecule has 0 amide bonds. The first-order valence-electron chi connectivity index (χ1n) is 6.33. The molecule has 0 aliphatic rings. The van der Waals surface area contributed by atoms with E-state index in [0.717, 1.165) is 11.1 Å². The summed E-state index contributed by atoms with van der Waals surface area (Å²) in [5, 5.41) is 17.9. The first-order valence-corrected chi connectivity index (χ1v) is 6.33. The summed E-state index contributed by atoms with van der Waals surface area (Å²) in [4.78, 5) is 10.4. The second kappa shape index (κ2) is 6.73. The third kappa shape index (κ3) is 4.10. The number of aliphatic hydroxyl groups is 1. The summed E-state index contributed by atoms with van der Waals surface area (Å²) >= 11 is 0. The predicted molar refractivity (Wildman–Crippen MR) is 75.6 cm³/mol. The molecule has 2 aromatic rings. The summed E-state index contributed by atoms with van der Waals surface area (Å²) in [6.07, 6.45) is -1.32. The molecule has 4 nitrogen and oxygen atoms in total. The third-order valence-electron chi connectivity index (χ3n) is 2.81. The maximum absolute atomic E-state index is 10.4. The van der Waals surface area contributed by atoms with Crippen LogP contribution >= 0.6 is 0 Å². The molecule has 0 aromatic heterocycles. The molecule has 0 aliphatic carbocycles. The molecule has 1 atom stereocenters. The molecule has 104 valence electrons. The van der Waals surface area contributed by atoms with Gasteiger partial charge >= 0.3 is 5.97 Å². The summed E-state index contributed by atoms with van der Waals surface area (Å²) in [7, 11) is 0. The standard InChI is InChI=1S/C16H16O4/c17-14(10-16(18)19)11-20-15-8-6-13(7-9-15)12-4-2-1-3-5-12/h1-9,14,17H,10-11H2,(H,18,19)/t14-/m0/s1. The van der Waals surface area contributed by atoms with Gasteiger partial charge in [0.25, 0.3) is 0 Å². The zero-order chi connectivity index (χ0) is 14.4. The van der Waals surface area contributed by atoms with Crippen LogP contribution in [-0.2, 0) is 4.79 Å². The Morgan fingerprint density at radius 3 is 2.20 bits per heavy atom. The Kier molecular flexibility index (Phi) is 4.74. The highest BCUT2D eigenvalue weighted by atomic mass is 16.5. The average Bonchev–Trinajstić information content (AvgIpc) is 2.46. The van der Waals surface area contributed by atoms with Gasteiger partial charge in [-0.25, -0.2) is 0 Å². The maximum Gasteiger partial charge on any atom is 0.306 e. The fourth-order valence-corrected chi connectivity index (χ4v) is 1.83. The number of aliphatic carboxylic acids is 1. The molecular formula is C16H16O4. The van der Waals surface area contributed by atoms with Gasteiger partial charge in [0.2, 0.25) is 0 Å². The van der Waals surface area contributed by atoms with Crippen LogP contribution in [0.1, 0.15) is 6.42 Å². The lowest BCUT2D eigenvalue weighted by molar-refractivity contribution is -0.139. The smallest absolute Gasteiger partial charge is 0.306 e. The van der Waals surface area contributed by atoms with Crippen LogP contribution in [0.3, 0.4) is 0 Å². The van der Waals surface area contributed by atoms with E-state index in [1.807, 2.05) is 42.5 Å². The minimum Gasteiger partial charge on any atom is -0.491 e. The molecule has 0 spiro atoms. The summed E-state index contributed by atoms with van der Waals surface area (Å²) < 4.78 is 5.35. The summed E-state index contributed by atoms with van der Waals surface area (Å²) in [5.74, 6) is -0.436. The molecule has 0 saturated carbocycles. The van der Waals surface area contributed by atoms with Gasteiger partial charge in [-0.2, -0.15) is 0 Å². The second-order valence-corrected chi connectivity index (χ2v) is 4.45. The molecule has 0 aliphatic heterocycles. The first-order chi connectivity index (χ1) is 9.65. The topological polar surface area (TPSA) is 66.8 Å². The van der Waals surface area contributed by atoms with Crippen LogP contribution in [0.25, 0.3) is 11.1 Å². The van der Waals surface area contributed by atoms with E-state index in [2.05, 4.69) is 0 Å². The van der Waals surface area contributed by atoms with Crippen LogP contribution in [0.4, 0.5) is 0 Å². The fourth-order valence-electron chi connectivity index (χ4n) is 1.83. The van der Waals surface area contributed by atoms with Crippen molar-refractivity contribution in [3.63, 3.8) is 0 Å². The number of benzene rings is 2. The van der Waals surface area contributed by atoms with Crippen LogP contribution in [0.5, 0.6) is 5.75 Å². The number of aliphatic hydroxyl groups excluding tert-OH is 1. The number of carboxylic acids is 1. The summed E-state index contributed by atoms with van der Waals surface area (Å²) in [6.45, 7) is -0.0308. The SMILES string of the molecule is O=C(O)C[C@H](O)COc1ccc(-c2ccccc2)cc1. The molecule has 0 heterocycles. The summed E-state index contributed by atoms with van der Waals surface area (Å²) in [5.41, 5.74) is 2.19. The Hall–Kier alpha value is -2.33. The lowest BCUT2D eigenvalue weighted by Gasteiger charge is -2.11. The second-order valence-electron chi connectivity index (χ2n) is 4.45. The zero-order valence-electron chi connectivity index (χ0n) is 10.9. The number of carboxylic acid groups (broad SMARTS) is 1. The minimum atomic E-state index is -1.04. The number of rotatable bonds is 6. The number of hydrogen-bond acceptors (Lipinski definition) is 3. The van der Waals surface area contributed by atoms with E-state index in [1.165, 1.54) is 0 Å². The summed E-state index contributed by atoms with van der Waals surface area (Å²) in [6, 6.07) is 17.4. The van der Waals surface area contributed by atoms with Gasteiger partial charge in [-0.15, -0.1) is 0 Å². The quantitative estimate of drug-likeness (QED) is 0.848. The van der Waals surface area contributed by atoms with Crippen molar-refractivity contribution in [3.8, 4) is 16.9 Å². The van der Waals surface area contributed by atoms with E-state index < -0.39 is 12.1 Å². The van der Waals surface area contributed by atoms with E-state index in [0.29, 0.717) is 5.75 Å². The molecule has 2 aromatic carbocycles. The van der Waals surface area contributed by atoms with Crippen LogP contribution in [0, 0.1) is 0 Å². The highest BCUT2D eigenvalue weighted by Crippen LogP contribution is 2.22. The molecule has 4 heteroatoms. The highest BCUT2D eigenvalue weighted by molar-refractivity contribution is 5.67. The van der Waals surface area contributed by atoms with Crippen LogP contribution in [-0.4, -0.2) is 28.9 Å². The van der Waals surface area contributed by atoms with E-state index >= 15 is 0 Å². The van der Waals surface area contributed by atoms with E-state index in [9.17, 15) is 9.90 Å². The van der Waals surface area contributed by atoms with Gasteiger partial charge < -0.3 is 14.9 Å². The highest BCUT2D eigenvalue weighted by Gasteiger charge is 2.10. The maximum atomic E-state index is 10.4. The van der Waals surface area contributed by atoms with Crippen LogP contribution in [0.2, 0.25) is 0 Å². The van der Waals surface area contributed by atoms with Gasteiger partial charge in [-0.1, -0.05) is 42.5 Å². The Morgan fingerprint density at radius 1 is 1.00 bits per heavy atom. The number of hydrogen-bond donors (Lipinski definition) is 2. The minimum absolute atomic E-state index is 0.0308. The van der Waals surface area contributed by atoms with Crippen LogP contribution < -0.4 is 4.74 Å². The van der Waals surface area contributed by atoms with Crippen molar-refractivity contribution >= 4 is 5.97 Å². The Bertz CT molecular complexity index is 548. The van der Waals surface area contributed by atoms with Gasteiger partial charge in [0.05, 0.1) is 12.5 Å². The molecule has 0 unspecified atom stereocenters. The van der Waals surface area contributed by atoms with Crippen molar-refractivity contribution in [2.75, 3.05) is 6.61 Å². The normalized spacial score (nSPS) is 11.8. The molecule has 0 saturated heterocycles. The van der Waals surface area contributed by atoms with Crippen molar-refractivity contribution in [2.24, 2.45) is 0 Å². The lowest BCUT2D eigenvalue weighted by Crippen LogP contribution is -2.21. The van der Waals surface area contributed by atoms with Crippen molar-refractivity contribution in [1.82, 2.24) is 0 Å². The van der Waals surface area contributed by atoms with Crippen molar-refractivity contribution in [3.05, 3.63) is 54.6 Å². The van der Waals surface area contributed by atoms with Crippen molar-refractivity contribution in [1.29, 1.82) is 0 Å². The van der Waals surface area contributed by atoms with Crippen molar-refractivity contribution in [2.45, 2.75) is 12.5 Å². The Labute approximate surface area is 117 Å². The van der Waals surface area contributed by atoms with Crippen molar-refractivity contribution < 1.29 is 19.7 Å². The van der Waals surface area contributed by atoms with E-state index in [-0.39, 0.29) is 13.0 Å². The van der Waals surface area contributed by atoms with Gasteiger partial charge in [-0.05, 0) is 23.3 Å². The molecule has 2 N–H and O–H groups in total. The van der Waals surface area contributed by atoms with E-state index in [4.69, 9.17) is 9.84 Å². The molecule has 20 heavy (non-hydrogen) atoms. The van der Waals surface area contributed by atoms with Gasteiger partial charge in [0, 0.05) is 0 Å². The predicted octanol–water partition coefficient (Wildman–Crippen LogP) is 2.57. The van der Waals surface area contributed by atoms with Gasteiger partial charge in [-0.3, -0.25) is 4.79 Å². The Morgan fingerprint density at radius 2 is 1.60 bits per heavy atom. The van der Waals surface area contributed by atoms with Gasteiger partial charge in [0.15, 0.2) is 0 Å². The van der Waals surface area contributed by atoms with E-state index in [1.54, 1.807) is 12.1 Å². The Balaban J connectivity index is 1.94. The number of carbonyl (C=O) groups is 1. The third-order valence-corrected chi connectivity index (χ3v) is 2.81. The molecular weight excluding hydrogens is 256 g/mol. The van der Waals surface area contributed by atoms with Gasteiger partial charge in [0.1, 0.15) is 12.4 Å². The lowest BCUT2D eigenvalue weighted by atomic mass is 10.1. The van der Waals surface area contributed by atoms with Crippen LogP contribution in [0.15, 0.2) is 54.6 Å². The first kappa shape index (κ1) is 14.1. The largest absolute Gasteiger partial charge is 0.491 e. The molecule has 0 bridgehead atoms. The zero-order valence-corrected chi connectivity index (χ0v) is 10.9. The fraction of sp³-hybridized carbons (Fsp3) is 0.188. The molecule has 0 radical (unpaired) electrons. The number of ether oxygens (including phenoxy) is 1. The molecule has 0 fully saturated rings. The monoisotopic (exact) mass is 272 g/mol. The molecule has 2 rings (SSSR count). The average molecular weight is 272 g/mol.